The molecule has 2 rings (SSSR count). The van der Waals surface area contributed by atoms with Gasteiger partial charge in [0.15, 0.2) is 6.29 Å². The Kier molecular flexibility index (Phi) is 4.77. The predicted octanol–water partition coefficient (Wildman–Crippen LogP) is 4.68. The first kappa shape index (κ1) is 15.7. The number of carbonyl (C=O) groups is 1. The van der Waals surface area contributed by atoms with Crippen molar-refractivity contribution in [3.05, 3.63) is 40.4 Å². The minimum Gasteiger partial charge on any atom is -0.296 e. The predicted molar refractivity (Wildman–Crippen MR) is 76.7 cm³/mol. The van der Waals surface area contributed by atoms with Crippen LogP contribution in [-0.4, -0.2) is 17.4 Å². The lowest BCUT2D eigenvalue weighted by atomic mass is 10.1. The molecule has 21 heavy (non-hydrogen) atoms. The first-order chi connectivity index (χ1) is 9.93. The van der Waals surface area contributed by atoms with E-state index in [1.165, 1.54) is 23.5 Å². The highest BCUT2D eigenvalue weighted by atomic mass is 32.1. The van der Waals surface area contributed by atoms with E-state index in [0.29, 0.717) is 22.6 Å². The molecule has 0 spiro atoms. The van der Waals surface area contributed by atoms with Crippen molar-refractivity contribution in [1.29, 1.82) is 0 Å². The number of rotatable bonds is 5. The van der Waals surface area contributed by atoms with Crippen molar-refractivity contribution in [3.8, 4) is 10.6 Å². The number of benzene rings is 1. The Labute approximate surface area is 124 Å². The van der Waals surface area contributed by atoms with E-state index in [-0.39, 0.29) is 5.56 Å². The first-order valence-corrected chi connectivity index (χ1v) is 7.35. The molecule has 1 aromatic carbocycles. The summed E-state index contributed by atoms with van der Waals surface area (Å²) in [5, 5.41) is 0.588. The van der Waals surface area contributed by atoms with Gasteiger partial charge in [-0.2, -0.15) is 13.2 Å². The number of hydrogen-bond donors (Lipinski definition) is 0. The summed E-state index contributed by atoms with van der Waals surface area (Å²) in [5.41, 5.74) is 1.20. The van der Waals surface area contributed by atoms with Crippen molar-refractivity contribution in [2.45, 2.75) is 32.4 Å². The van der Waals surface area contributed by atoms with Crippen molar-refractivity contribution in [1.82, 2.24) is 4.98 Å². The maximum Gasteiger partial charge on any atom is 0.393 e. The van der Waals surface area contributed by atoms with E-state index < -0.39 is 12.6 Å². The summed E-state index contributed by atoms with van der Waals surface area (Å²) >= 11 is 1.36. The number of thiazole rings is 1. The maximum atomic E-state index is 12.4. The molecule has 2 aromatic rings. The summed E-state index contributed by atoms with van der Waals surface area (Å²) in [5.74, 6) is 0. The van der Waals surface area contributed by atoms with Gasteiger partial charge >= 0.3 is 6.18 Å². The third-order valence-corrected chi connectivity index (χ3v) is 4.07. The molecule has 2 nitrogen and oxygen atoms in total. The molecule has 6 heteroatoms. The highest BCUT2D eigenvalue weighted by Crippen LogP contribution is 2.30. The van der Waals surface area contributed by atoms with Gasteiger partial charge in [-0.3, -0.25) is 4.79 Å². The normalized spacial score (nSPS) is 11.6. The van der Waals surface area contributed by atoms with Gasteiger partial charge in [-0.05, 0) is 18.1 Å². The minimum atomic E-state index is -4.23. The van der Waals surface area contributed by atoms with E-state index >= 15 is 0 Å². The number of aromatic nitrogens is 1. The molecule has 112 valence electrons. The Morgan fingerprint density at radius 3 is 2.71 bits per heavy atom. The van der Waals surface area contributed by atoms with Crippen molar-refractivity contribution >= 4 is 17.6 Å². The standard InChI is InChI=1S/C15H14F3NOS/c1-2-4-13-12(9-20)19-14(21-13)11-6-3-5-10(7-11)8-15(16,17)18/h3,5-7,9H,2,4,8H2,1H3. The lowest BCUT2D eigenvalue weighted by Crippen LogP contribution is -2.11. The van der Waals surface area contributed by atoms with Crippen LogP contribution in [0.2, 0.25) is 0 Å². The van der Waals surface area contributed by atoms with Crippen molar-refractivity contribution in [2.24, 2.45) is 0 Å². The van der Waals surface area contributed by atoms with Crippen molar-refractivity contribution in [3.63, 3.8) is 0 Å². The molecule has 1 heterocycles. The fourth-order valence-corrected chi connectivity index (χ4v) is 3.16. The molecule has 0 aliphatic carbocycles. The zero-order valence-corrected chi connectivity index (χ0v) is 12.2. The minimum absolute atomic E-state index is 0.194. The number of aryl methyl sites for hydroxylation is 1. The lowest BCUT2D eigenvalue weighted by molar-refractivity contribution is -0.127. The van der Waals surface area contributed by atoms with Crippen LogP contribution >= 0.6 is 11.3 Å². The summed E-state index contributed by atoms with van der Waals surface area (Å²) in [6, 6.07) is 6.22. The van der Waals surface area contributed by atoms with Crippen LogP contribution in [0.5, 0.6) is 0 Å². The van der Waals surface area contributed by atoms with Gasteiger partial charge < -0.3 is 0 Å². The first-order valence-electron chi connectivity index (χ1n) is 6.54. The van der Waals surface area contributed by atoms with Crippen LogP contribution in [-0.2, 0) is 12.8 Å². The Hall–Kier alpha value is -1.69. The quantitative estimate of drug-likeness (QED) is 0.750. The van der Waals surface area contributed by atoms with E-state index in [1.54, 1.807) is 12.1 Å². The largest absolute Gasteiger partial charge is 0.393 e. The van der Waals surface area contributed by atoms with E-state index in [0.717, 1.165) is 17.7 Å². The molecule has 1 aromatic heterocycles. The van der Waals surface area contributed by atoms with Crippen LogP contribution in [0.25, 0.3) is 10.6 Å². The molecule has 0 saturated heterocycles. The second-order valence-electron chi connectivity index (χ2n) is 4.69. The molecule has 0 aliphatic rings. The van der Waals surface area contributed by atoms with Gasteiger partial charge in [0, 0.05) is 10.4 Å². The third-order valence-electron chi connectivity index (χ3n) is 2.89. The average molecular weight is 313 g/mol. The molecule has 0 unspecified atom stereocenters. The fraction of sp³-hybridized carbons (Fsp3) is 0.333. The van der Waals surface area contributed by atoms with Gasteiger partial charge in [0.1, 0.15) is 10.7 Å². The van der Waals surface area contributed by atoms with Gasteiger partial charge in [-0.15, -0.1) is 11.3 Å². The summed E-state index contributed by atoms with van der Waals surface area (Å²) in [6.45, 7) is 2.00. The molecule has 0 bridgehead atoms. The Morgan fingerprint density at radius 2 is 2.10 bits per heavy atom. The monoisotopic (exact) mass is 313 g/mol. The smallest absolute Gasteiger partial charge is 0.296 e. The molecule has 0 radical (unpaired) electrons. The molecule has 0 aliphatic heterocycles. The zero-order valence-electron chi connectivity index (χ0n) is 11.4. The molecule has 0 amide bonds. The molecular weight excluding hydrogens is 299 g/mol. The second-order valence-corrected chi connectivity index (χ2v) is 5.77. The summed E-state index contributed by atoms with van der Waals surface area (Å²) in [4.78, 5) is 16.1. The molecular formula is C15H14F3NOS. The van der Waals surface area contributed by atoms with Crippen molar-refractivity contribution < 1.29 is 18.0 Å². The molecule has 0 saturated carbocycles. The third kappa shape index (κ3) is 4.14. The Balaban J connectivity index is 2.33. The highest BCUT2D eigenvalue weighted by molar-refractivity contribution is 7.15. The number of nitrogens with zero attached hydrogens (tertiary/aromatic N) is 1. The number of halogens is 3. The number of aldehydes is 1. The van der Waals surface area contributed by atoms with Crippen LogP contribution < -0.4 is 0 Å². The van der Waals surface area contributed by atoms with Gasteiger partial charge in [0.05, 0.1) is 6.42 Å². The summed E-state index contributed by atoms with van der Waals surface area (Å²) in [6.07, 6.45) is -2.87. The Morgan fingerprint density at radius 1 is 1.33 bits per heavy atom. The Bertz CT molecular complexity index is 634. The van der Waals surface area contributed by atoms with Crippen LogP contribution in [0.15, 0.2) is 24.3 Å². The van der Waals surface area contributed by atoms with Crippen LogP contribution in [0.4, 0.5) is 13.2 Å². The lowest BCUT2D eigenvalue weighted by Gasteiger charge is -2.07. The highest BCUT2D eigenvalue weighted by Gasteiger charge is 2.27. The van der Waals surface area contributed by atoms with E-state index in [1.807, 2.05) is 6.92 Å². The summed E-state index contributed by atoms with van der Waals surface area (Å²) in [7, 11) is 0. The molecule has 0 fully saturated rings. The van der Waals surface area contributed by atoms with Crippen LogP contribution in [0.3, 0.4) is 0 Å². The number of carbonyl (C=O) groups excluding carboxylic acids is 1. The van der Waals surface area contributed by atoms with E-state index in [2.05, 4.69) is 4.98 Å². The molecule has 0 N–H and O–H groups in total. The fourth-order valence-electron chi connectivity index (χ4n) is 2.03. The van der Waals surface area contributed by atoms with Crippen molar-refractivity contribution in [2.75, 3.05) is 0 Å². The summed E-state index contributed by atoms with van der Waals surface area (Å²) < 4.78 is 37.3. The van der Waals surface area contributed by atoms with Gasteiger partial charge in [0.2, 0.25) is 0 Å². The van der Waals surface area contributed by atoms with Crippen LogP contribution in [0.1, 0.15) is 34.3 Å². The SMILES string of the molecule is CCCc1sc(-c2cccc(CC(F)(F)F)c2)nc1C=O. The second kappa shape index (κ2) is 6.39. The number of hydrogen-bond acceptors (Lipinski definition) is 3. The number of alkyl halides is 3. The van der Waals surface area contributed by atoms with Gasteiger partial charge in [-0.25, -0.2) is 4.98 Å². The maximum absolute atomic E-state index is 12.4. The van der Waals surface area contributed by atoms with E-state index in [9.17, 15) is 18.0 Å². The van der Waals surface area contributed by atoms with Crippen LogP contribution in [0, 0.1) is 0 Å². The molecule has 0 atom stereocenters. The topological polar surface area (TPSA) is 30.0 Å². The van der Waals surface area contributed by atoms with Gasteiger partial charge in [-0.1, -0.05) is 31.5 Å². The van der Waals surface area contributed by atoms with Gasteiger partial charge in [0.25, 0.3) is 0 Å². The van der Waals surface area contributed by atoms with E-state index in [4.69, 9.17) is 0 Å². The average Bonchev–Trinajstić information content (AvgIpc) is 2.81. The zero-order chi connectivity index (χ0) is 15.5.